The summed E-state index contributed by atoms with van der Waals surface area (Å²) in [6.45, 7) is 5.22. The van der Waals surface area contributed by atoms with E-state index in [0.717, 1.165) is 0 Å². The first-order valence-electron chi connectivity index (χ1n) is 15.6. The molecule has 4 aromatic rings. The Balaban J connectivity index is 1.51. The number of hydrogen-bond acceptors (Lipinski definition) is 0. The Kier molecular flexibility index (Phi) is 8.77. The molecule has 6 rings (SSSR count). The van der Waals surface area contributed by atoms with Gasteiger partial charge in [0.25, 0.3) is 0 Å². The molecule has 0 heterocycles. The summed E-state index contributed by atoms with van der Waals surface area (Å²) >= 11 is -2.80. The molecule has 0 saturated heterocycles. The van der Waals surface area contributed by atoms with Crippen LogP contribution < -0.4 is 5.19 Å². The molecule has 41 heavy (non-hydrogen) atoms. The van der Waals surface area contributed by atoms with Gasteiger partial charge in [0.2, 0.25) is 0 Å². The van der Waals surface area contributed by atoms with Gasteiger partial charge in [0.15, 0.2) is 0 Å². The van der Waals surface area contributed by atoms with Crippen LogP contribution in [0.5, 0.6) is 0 Å². The normalized spacial score (nSPS) is 17.3. The average Bonchev–Trinajstić information content (AvgIpc) is 3.37. The van der Waals surface area contributed by atoms with Crippen LogP contribution in [0.25, 0.3) is 0 Å². The van der Waals surface area contributed by atoms with Gasteiger partial charge in [0.1, 0.15) is 0 Å². The van der Waals surface area contributed by atoms with Crippen molar-refractivity contribution in [3.63, 3.8) is 0 Å². The molecule has 2 aliphatic rings. The van der Waals surface area contributed by atoms with Crippen LogP contribution in [0.3, 0.4) is 0 Å². The molecule has 0 aromatic heterocycles. The molecule has 208 valence electrons. The molecule has 0 amide bonds. The third-order valence-electron chi connectivity index (χ3n) is 9.64. The Morgan fingerprint density at radius 1 is 0.585 bits per heavy atom. The third kappa shape index (κ3) is 6.54. The van der Waals surface area contributed by atoms with E-state index in [2.05, 4.69) is 140 Å². The van der Waals surface area contributed by atoms with Crippen molar-refractivity contribution < 1.29 is 16.6 Å². The van der Waals surface area contributed by atoms with E-state index in [0.29, 0.717) is 4.22 Å². The van der Waals surface area contributed by atoms with Crippen molar-refractivity contribution in [1.29, 1.82) is 0 Å². The number of hydrogen-bond donors (Lipinski definition) is 0. The summed E-state index contributed by atoms with van der Waals surface area (Å²) in [4.78, 5) is 0. The van der Waals surface area contributed by atoms with Crippen molar-refractivity contribution in [1.82, 2.24) is 0 Å². The number of allylic oxidation sites excluding steroid dienone is 4. The molecule has 0 fully saturated rings. The fourth-order valence-electron chi connectivity index (χ4n) is 7.90. The molecule has 0 N–H and O–H groups in total. The van der Waals surface area contributed by atoms with Crippen LogP contribution >= 0.6 is 0 Å². The fourth-order valence-corrected chi connectivity index (χ4v) is 20.5. The second-order valence-corrected chi connectivity index (χ2v) is 24.7. The van der Waals surface area contributed by atoms with Crippen LogP contribution in [0.1, 0.15) is 42.4 Å². The van der Waals surface area contributed by atoms with Crippen LogP contribution in [0.2, 0.25) is 23.4 Å². The van der Waals surface area contributed by atoms with E-state index in [-0.39, 0.29) is 0 Å². The first-order valence-corrected chi connectivity index (χ1v) is 23.0. The van der Waals surface area contributed by atoms with Gasteiger partial charge in [-0.05, 0) is 0 Å². The zero-order chi connectivity index (χ0) is 28.1. The maximum atomic E-state index is 2.75. The van der Waals surface area contributed by atoms with Crippen molar-refractivity contribution in [3.05, 3.63) is 161 Å². The first-order chi connectivity index (χ1) is 20.0. The van der Waals surface area contributed by atoms with E-state index in [1.165, 1.54) is 45.9 Å². The minimum atomic E-state index is -2.80. The first kappa shape index (κ1) is 28.4. The van der Waals surface area contributed by atoms with Gasteiger partial charge in [0, 0.05) is 0 Å². The third-order valence-corrected chi connectivity index (χ3v) is 21.1. The Labute approximate surface area is 252 Å². The summed E-state index contributed by atoms with van der Waals surface area (Å²) in [5.41, 5.74) is 10.0. The van der Waals surface area contributed by atoms with E-state index >= 15 is 0 Å². The standard InChI is InChI=1S/C18H23Si.3C7H7.Ti/c1-19(2,18-10-4-3-5-11-18)14-15-12-16-8-6-7-9-17(16)13-15;3*1-7-5-3-2-4-6-7;/h3-5,10-13H,6-9,14H2,1-2H3;3*2-6H,1H2;. The zero-order valence-electron chi connectivity index (χ0n) is 24.9. The van der Waals surface area contributed by atoms with E-state index in [1.807, 2.05) is 5.57 Å². The second-order valence-electron chi connectivity index (χ2n) is 13.2. The summed E-state index contributed by atoms with van der Waals surface area (Å²) in [7, 11) is -1.67. The molecule has 0 radical (unpaired) electrons. The quantitative estimate of drug-likeness (QED) is 0.162. The van der Waals surface area contributed by atoms with Crippen LogP contribution in [0, 0.1) is 0 Å². The number of benzene rings is 4. The van der Waals surface area contributed by atoms with Gasteiger partial charge in [-0.15, -0.1) is 0 Å². The van der Waals surface area contributed by atoms with Crippen molar-refractivity contribution in [2.24, 2.45) is 0 Å². The van der Waals surface area contributed by atoms with Gasteiger partial charge in [-0.25, -0.2) is 0 Å². The van der Waals surface area contributed by atoms with Gasteiger partial charge in [-0.3, -0.25) is 0 Å². The molecule has 0 aliphatic heterocycles. The van der Waals surface area contributed by atoms with E-state index < -0.39 is 24.7 Å². The molecule has 1 atom stereocenters. The molecule has 0 bridgehead atoms. The summed E-state index contributed by atoms with van der Waals surface area (Å²) in [5, 5.41) is 1.59. The molecule has 1 unspecified atom stereocenters. The molecule has 0 nitrogen and oxygen atoms in total. The van der Waals surface area contributed by atoms with Crippen LogP contribution in [-0.2, 0) is 30.8 Å². The SMILES string of the molecule is C[Si](C)(CC1=CC2=C(CCCC2)[CH]1[Ti]([CH2]c1ccccc1)([CH2]c1ccccc1)[CH2]c1ccccc1)c1ccccc1. The monoisotopic (exact) mass is 588 g/mol. The minimum absolute atomic E-state index is 0.668. The summed E-state index contributed by atoms with van der Waals surface area (Å²) in [5.74, 6) is 0. The second kappa shape index (κ2) is 12.7. The maximum absolute atomic E-state index is 2.80. The Morgan fingerprint density at radius 3 is 1.51 bits per heavy atom. The fraction of sp³-hybridized carbons (Fsp3) is 0.282. The molecule has 0 saturated carbocycles. The van der Waals surface area contributed by atoms with E-state index in [9.17, 15) is 0 Å². The topological polar surface area (TPSA) is 0 Å². The summed E-state index contributed by atoms with van der Waals surface area (Å²) in [6, 6.07) is 47.3. The van der Waals surface area contributed by atoms with Crippen molar-refractivity contribution >= 4 is 13.3 Å². The summed E-state index contributed by atoms with van der Waals surface area (Å²) in [6.07, 6.45) is 8.04. The molecule has 2 heteroatoms. The van der Waals surface area contributed by atoms with Crippen LogP contribution in [-0.4, -0.2) is 8.07 Å². The van der Waals surface area contributed by atoms with Crippen molar-refractivity contribution in [2.75, 3.05) is 0 Å². The zero-order valence-corrected chi connectivity index (χ0v) is 27.4. The molecule has 2 aliphatic carbocycles. The van der Waals surface area contributed by atoms with Crippen LogP contribution in [0.4, 0.5) is 0 Å². The predicted molar refractivity (Wildman–Crippen MR) is 176 cm³/mol. The average molecular weight is 589 g/mol. The number of rotatable bonds is 10. The van der Waals surface area contributed by atoms with E-state index in [1.54, 1.807) is 33.0 Å². The Morgan fingerprint density at radius 2 is 1.02 bits per heavy atom. The van der Waals surface area contributed by atoms with Crippen molar-refractivity contribution in [3.8, 4) is 0 Å². The summed E-state index contributed by atoms with van der Waals surface area (Å²) < 4.78 is 4.49. The van der Waals surface area contributed by atoms with Crippen molar-refractivity contribution in [2.45, 2.75) is 63.2 Å². The van der Waals surface area contributed by atoms with Gasteiger partial charge in [0.05, 0.1) is 0 Å². The van der Waals surface area contributed by atoms with Gasteiger partial charge >= 0.3 is 254 Å². The Hall–Kier alpha value is -2.71. The Bertz CT molecular complexity index is 1390. The van der Waals surface area contributed by atoms with Gasteiger partial charge in [-0.1, -0.05) is 0 Å². The molecule has 4 aromatic carbocycles. The molecule has 0 spiro atoms. The van der Waals surface area contributed by atoms with E-state index in [4.69, 9.17) is 0 Å². The predicted octanol–water partition coefficient (Wildman–Crippen LogP) is 9.96. The van der Waals surface area contributed by atoms with Crippen LogP contribution in [0.15, 0.2) is 144 Å². The van der Waals surface area contributed by atoms with Gasteiger partial charge < -0.3 is 0 Å². The molecular weight excluding hydrogens is 544 g/mol. The van der Waals surface area contributed by atoms with Gasteiger partial charge in [-0.2, -0.15) is 0 Å². The molecular formula is C39H44SiTi.